The number of carbonyl (C=O) groups is 1. The van der Waals surface area contributed by atoms with Crippen LogP contribution >= 0.6 is 0 Å². The quantitative estimate of drug-likeness (QED) is 0.642. The maximum atomic E-state index is 10.9. The van der Waals surface area contributed by atoms with Crippen LogP contribution in [0.25, 0.3) is 0 Å². The molecule has 1 saturated heterocycles. The smallest absolute Gasteiger partial charge is 0.126 e. The van der Waals surface area contributed by atoms with E-state index in [0.29, 0.717) is 0 Å². The van der Waals surface area contributed by atoms with E-state index in [1.807, 2.05) is 13.8 Å². The SMILES string of the molecule is CC(C)(C=O)CN1CCOCC1(C)C. The zero-order valence-corrected chi connectivity index (χ0v) is 9.67. The van der Waals surface area contributed by atoms with Crippen molar-refractivity contribution in [1.29, 1.82) is 0 Å². The largest absolute Gasteiger partial charge is 0.378 e. The zero-order chi connectivity index (χ0) is 10.8. The highest BCUT2D eigenvalue weighted by atomic mass is 16.5. The summed E-state index contributed by atoms with van der Waals surface area (Å²) in [6.07, 6.45) is 1.04. The number of ether oxygens (including phenoxy) is 1. The molecule has 1 aliphatic heterocycles. The molecular formula is C11H21NO2. The highest BCUT2D eigenvalue weighted by Crippen LogP contribution is 2.23. The molecule has 1 heterocycles. The molecule has 0 radical (unpaired) electrons. The molecule has 0 aliphatic carbocycles. The number of carbonyl (C=O) groups excluding carboxylic acids is 1. The molecule has 0 aromatic carbocycles. The highest BCUT2D eigenvalue weighted by Gasteiger charge is 2.34. The number of nitrogens with zero attached hydrogens (tertiary/aromatic N) is 1. The highest BCUT2D eigenvalue weighted by molar-refractivity contribution is 5.58. The van der Waals surface area contributed by atoms with Gasteiger partial charge in [0.15, 0.2) is 0 Å². The predicted octanol–water partition coefficient (Wildman–Crippen LogP) is 1.32. The van der Waals surface area contributed by atoms with Crippen molar-refractivity contribution in [3.8, 4) is 0 Å². The Morgan fingerprint density at radius 2 is 2.14 bits per heavy atom. The molecule has 3 heteroatoms. The van der Waals surface area contributed by atoms with Crippen LogP contribution in [0.3, 0.4) is 0 Å². The van der Waals surface area contributed by atoms with Crippen LogP contribution in [0, 0.1) is 5.41 Å². The van der Waals surface area contributed by atoms with E-state index in [-0.39, 0.29) is 11.0 Å². The molecule has 0 saturated carbocycles. The summed E-state index contributed by atoms with van der Waals surface area (Å²) in [6.45, 7) is 11.5. The molecule has 0 bridgehead atoms. The second-order valence-corrected chi connectivity index (χ2v) is 5.39. The van der Waals surface area contributed by atoms with Gasteiger partial charge in [-0.2, -0.15) is 0 Å². The minimum atomic E-state index is -0.255. The lowest BCUT2D eigenvalue weighted by molar-refractivity contribution is -0.119. The van der Waals surface area contributed by atoms with Crippen LogP contribution in [-0.2, 0) is 9.53 Å². The monoisotopic (exact) mass is 199 g/mol. The summed E-state index contributed by atoms with van der Waals surface area (Å²) < 4.78 is 5.43. The molecule has 3 nitrogen and oxygen atoms in total. The van der Waals surface area contributed by atoms with Crippen LogP contribution in [0.1, 0.15) is 27.7 Å². The first kappa shape index (κ1) is 11.7. The number of hydrogen-bond donors (Lipinski definition) is 0. The molecule has 0 atom stereocenters. The summed E-state index contributed by atoms with van der Waals surface area (Å²) in [7, 11) is 0. The van der Waals surface area contributed by atoms with E-state index >= 15 is 0 Å². The number of hydrogen-bond acceptors (Lipinski definition) is 3. The van der Waals surface area contributed by atoms with E-state index in [1.165, 1.54) is 0 Å². The van der Waals surface area contributed by atoms with E-state index in [0.717, 1.165) is 32.6 Å². The normalized spacial score (nSPS) is 23.4. The van der Waals surface area contributed by atoms with Crippen molar-refractivity contribution >= 4 is 6.29 Å². The van der Waals surface area contributed by atoms with Gasteiger partial charge in [0.2, 0.25) is 0 Å². The van der Waals surface area contributed by atoms with Crippen LogP contribution in [0.5, 0.6) is 0 Å². The summed E-state index contributed by atoms with van der Waals surface area (Å²) in [4.78, 5) is 13.2. The molecule has 0 amide bonds. The van der Waals surface area contributed by atoms with Gasteiger partial charge in [-0.15, -0.1) is 0 Å². The number of morpholine rings is 1. The van der Waals surface area contributed by atoms with Gasteiger partial charge in [0.05, 0.1) is 13.2 Å². The summed E-state index contributed by atoms with van der Waals surface area (Å²) >= 11 is 0. The third-order valence-electron chi connectivity index (χ3n) is 2.73. The van der Waals surface area contributed by atoms with Crippen LogP contribution in [0.15, 0.2) is 0 Å². The summed E-state index contributed by atoms with van der Waals surface area (Å²) in [5, 5.41) is 0. The van der Waals surface area contributed by atoms with E-state index in [2.05, 4.69) is 18.7 Å². The molecule has 1 fully saturated rings. The van der Waals surface area contributed by atoms with Gasteiger partial charge in [0, 0.05) is 24.0 Å². The first-order valence-electron chi connectivity index (χ1n) is 5.16. The van der Waals surface area contributed by atoms with E-state index in [9.17, 15) is 4.79 Å². The summed E-state index contributed by atoms with van der Waals surface area (Å²) in [5.74, 6) is 0. The molecule has 0 spiro atoms. The van der Waals surface area contributed by atoms with Gasteiger partial charge >= 0.3 is 0 Å². The van der Waals surface area contributed by atoms with Gasteiger partial charge in [0.1, 0.15) is 6.29 Å². The van der Waals surface area contributed by atoms with E-state index in [1.54, 1.807) is 0 Å². The van der Waals surface area contributed by atoms with Gasteiger partial charge in [-0.1, -0.05) is 13.8 Å². The van der Waals surface area contributed by atoms with Crippen molar-refractivity contribution in [2.45, 2.75) is 33.2 Å². The van der Waals surface area contributed by atoms with Crippen LogP contribution in [0.4, 0.5) is 0 Å². The fraction of sp³-hybridized carbons (Fsp3) is 0.909. The fourth-order valence-corrected chi connectivity index (χ4v) is 1.71. The first-order valence-corrected chi connectivity index (χ1v) is 5.16. The predicted molar refractivity (Wildman–Crippen MR) is 56.3 cm³/mol. The Labute approximate surface area is 86.4 Å². The zero-order valence-electron chi connectivity index (χ0n) is 9.67. The van der Waals surface area contributed by atoms with Crippen LogP contribution in [0.2, 0.25) is 0 Å². The Morgan fingerprint density at radius 3 is 2.64 bits per heavy atom. The van der Waals surface area contributed by atoms with Crippen LogP contribution < -0.4 is 0 Å². The van der Waals surface area contributed by atoms with Crippen LogP contribution in [-0.4, -0.2) is 43.0 Å². The number of aldehydes is 1. The molecule has 1 rings (SSSR count). The Bertz CT molecular complexity index is 211. The lowest BCUT2D eigenvalue weighted by Crippen LogP contribution is -2.55. The van der Waals surface area contributed by atoms with Crippen molar-refractivity contribution in [3.05, 3.63) is 0 Å². The van der Waals surface area contributed by atoms with Crippen molar-refractivity contribution in [2.75, 3.05) is 26.3 Å². The topological polar surface area (TPSA) is 29.5 Å². The van der Waals surface area contributed by atoms with Gasteiger partial charge < -0.3 is 9.53 Å². The number of rotatable bonds is 3. The Balaban J connectivity index is 2.62. The third kappa shape index (κ3) is 2.79. The first-order chi connectivity index (χ1) is 6.37. The minimum absolute atomic E-state index is 0.0541. The molecule has 1 aliphatic rings. The Hall–Kier alpha value is -0.410. The van der Waals surface area contributed by atoms with Gasteiger partial charge in [-0.3, -0.25) is 4.90 Å². The van der Waals surface area contributed by atoms with Crippen molar-refractivity contribution in [3.63, 3.8) is 0 Å². The molecular weight excluding hydrogens is 178 g/mol. The molecule has 0 aromatic rings. The van der Waals surface area contributed by atoms with E-state index < -0.39 is 0 Å². The van der Waals surface area contributed by atoms with Crippen molar-refractivity contribution in [1.82, 2.24) is 4.90 Å². The van der Waals surface area contributed by atoms with Gasteiger partial charge in [-0.25, -0.2) is 0 Å². The van der Waals surface area contributed by atoms with Gasteiger partial charge in [-0.05, 0) is 13.8 Å². The van der Waals surface area contributed by atoms with Crippen molar-refractivity contribution in [2.24, 2.45) is 5.41 Å². The summed E-state index contributed by atoms with van der Waals surface area (Å²) in [6, 6.07) is 0. The third-order valence-corrected chi connectivity index (χ3v) is 2.73. The Kier molecular flexibility index (Phi) is 3.32. The lowest BCUT2D eigenvalue weighted by atomic mass is 9.91. The van der Waals surface area contributed by atoms with Gasteiger partial charge in [0.25, 0.3) is 0 Å². The minimum Gasteiger partial charge on any atom is -0.378 e. The summed E-state index contributed by atoms with van der Waals surface area (Å²) in [5.41, 5.74) is -0.201. The standard InChI is InChI=1S/C11H21NO2/c1-10(2,8-13)7-12-5-6-14-9-11(12,3)4/h8H,5-7,9H2,1-4H3. The second kappa shape index (κ2) is 3.99. The average Bonchev–Trinajstić information content (AvgIpc) is 2.09. The maximum absolute atomic E-state index is 10.9. The fourth-order valence-electron chi connectivity index (χ4n) is 1.71. The molecule has 0 aromatic heterocycles. The van der Waals surface area contributed by atoms with Crippen molar-refractivity contribution < 1.29 is 9.53 Å². The lowest BCUT2D eigenvalue weighted by Gasteiger charge is -2.44. The average molecular weight is 199 g/mol. The van der Waals surface area contributed by atoms with E-state index in [4.69, 9.17) is 4.74 Å². The molecule has 0 unspecified atom stereocenters. The molecule has 82 valence electrons. The Morgan fingerprint density at radius 1 is 1.50 bits per heavy atom. The molecule has 14 heavy (non-hydrogen) atoms. The second-order valence-electron chi connectivity index (χ2n) is 5.39. The molecule has 0 N–H and O–H groups in total. The maximum Gasteiger partial charge on any atom is 0.126 e.